The van der Waals surface area contributed by atoms with Crippen LogP contribution in [0, 0.1) is 0 Å². The lowest BCUT2D eigenvalue weighted by atomic mass is 10.2. The van der Waals surface area contributed by atoms with Gasteiger partial charge in [-0.1, -0.05) is 30.4 Å². The van der Waals surface area contributed by atoms with Gasteiger partial charge in [-0.05, 0) is 19.1 Å². The third kappa shape index (κ3) is 5.07. The van der Waals surface area contributed by atoms with E-state index in [2.05, 4.69) is 28.9 Å². The molecule has 0 saturated carbocycles. The minimum Gasteiger partial charge on any atom is -0.375 e. The zero-order valence-electron chi connectivity index (χ0n) is 13.3. The third-order valence-electron chi connectivity index (χ3n) is 3.56. The highest BCUT2D eigenvalue weighted by Gasteiger charge is 2.20. The van der Waals surface area contributed by atoms with Crippen molar-refractivity contribution >= 4 is 11.7 Å². The second kappa shape index (κ2) is 8.44. The van der Waals surface area contributed by atoms with Gasteiger partial charge in [-0.3, -0.25) is 0 Å². The van der Waals surface area contributed by atoms with Gasteiger partial charge < -0.3 is 19.9 Å². The Bertz CT molecular complexity index is 482. The molecule has 0 radical (unpaired) electrons. The summed E-state index contributed by atoms with van der Waals surface area (Å²) in [5.41, 5.74) is 2.21. The van der Waals surface area contributed by atoms with E-state index in [1.165, 1.54) is 5.69 Å². The molecule has 5 heteroatoms. The van der Waals surface area contributed by atoms with Crippen molar-refractivity contribution in [1.82, 2.24) is 10.2 Å². The molecule has 1 aromatic rings. The molecule has 1 aliphatic heterocycles. The summed E-state index contributed by atoms with van der Waals surface area (Å²) in [6.45, 7) is 10.5. The van der Waals surface area contributed by atoms with Gasteiger partial charge in [0, 0.05) is 38.4 Å². The van der Waals surface area contributed by atoms with Gasteiger partial charge in [-0.2, -0.15) is 0 Å². The summed E-state index contributed by atoms with van der Waals surface area (Å²) in [5, 5.41) is 2.89. The average molecular weight is 303 g/mol. The minimum absolute atomic E-state index is 0.00774. The molecule has 1 heterocycles. The maximum atomic E-state index is 12.1. The summed E-state index contributed by atoms with van der Waals surface area (Å²) in [5.74, 6) is 0. The number of hydrogen-bond donors (Lipinski definition) is 1. The monoisotopic (exact) mass is 303 g/mol. The van der Waals surface area contributed by atoms with Gasteiger partial charge in [0.2, 0.25) is 0 Å². The highest BCUT2D eigenvalue weighted by molar-refractivity contribution is 5.74. The number of rotatable bonds is 6. The number of para-hydroxylation sites is 1. The second-order valence-electron chi connectivity index (χ2n) is 5.55. The number of carbonyl (C=O) groups is 1. The summed E-state index contributed by atoms with van der Waals surface area (Å²) in [7, 11) is 0. The molecule has 22 heavy (non-hydrogen) atoms. The van der Waals surface area contributed by atoms with E-state index in [1.54, 1.807) is 0 Å². The molecule has 1 fully saturated rings. The average Bonchev–Trinajstić information content (AvgIpc) is 2.55. The van der Waals surface area contributed by atoms with Crippen molar-refractivity contribution in [3.8, 4) is 0 Å². The van der Waals surface area contributed by atoms with Crippen LogP contribution in [0.2, 0.25) is 0 Å². The molecule has 0 atom stereocenters. The van der Waals surface area contributed by atoms with E-state index >= 15 is 0 Å². The zero-order valence-corrected chi connectivity index (χ0v) is 13.3. The van der Waals surface area contributed by atoms with Crippen LogP contribution in [0.4, 0.5) is 10.5 Å². The smallest absolute Gasteiger partial charge is 0.317 e. The first-order valence-corrected chi connectivity index (χ1v) is 7.71. The molecular weight excluding hydrogens is 278 g/mol. The maximum absolute atomic E-state index is 12.1. The first kappa shape index (κ1) is 16.4. The van der Waals surface area contributed by atoms with Crippen LogP contribution < -0.4 is 10.2 Å². The van der Waals surface area contributed by atoms with Crippen molar-refractivity contribution in [2.75, 3.05) is 50.8 Å². The highest BCUT2D eigenvalue weighted by atomic mass is 16.5. The lowest BCUT2D eigenvalue weighted by Gasteiger charge is -2.36. The minimum atomic E-state index is -0.00774. The van der Waals surface area contributed by atoms with Gasteiger partial charge in [0.1, 0.15) is 0 Å². The maximum Gasteiger partial charge on any atom is 0.317 e. The molecule has 2 amide bonds. The molecule has 0 unspecified atom stereocenters. The van der Waals surface area contributed by atoms with Crippen molar-refractivity contribution in [3.05, 3.63) is 42.5 Å². The Kier molecular flexibility index (Phi) is 6.27. The molecule has 0 bridgehead atoms. The Morgan fingerprint density at radius 3 is 2.55 bits per heavy atom. The lowest BCUT2D eigenvalue weighted by molar-refractivity contribution is 0.152. The first-order chi connectivity index (χ1) is 10.7. The van der Waals surface area contributed by atoms with Crippen LogP contribution in [0.5, 0.6) is 0 Å². The Morgan fingerprint density at radius 2 is 1.91 bits per heavy atom. The fourth-order valence-corrected chi connectivity index (χ4v) is 2.39. The van der Waals surface area contributed by atoms with E-state index in [4.69, 9.17) is 4.74 Å². The zero-order chi connectivity index (χ0) is 15.8. The molecular formula is C17H25N3O2. The summed E-state index contributed by atoms with van der Waals surface area (Å²) in [6.07, 6.45) is 0. The molecule has 0 aromatic heterocycles. The van der Waals surface area contributed by atoms with Gasteiger partial charge in [0.15, 0.2) is 0 Å². The van der Waals surface area contributed by atoms with Crippen molar-refractivity contribution in [2.45, 2.75) is 6.92 Å². The number of ether oxygens (including phenoxy) is 1. The van der Waals surface area contributed by atoms with Crippen LogP contribution >= 0.6 is 0 Å². The Balaban J connectivity index is 1.66. The van der Waals surface area contributed by atoms with E-state index in [0.29, 0.717) is 19.8 Å². The summed E-state index contributed by atoms with van der Waals surface area (Å²) in [6, 6.07) is 10.3. The van der Waals surface area contributed by atoms with Crippen LogP contribution in [0.3, 0.4) is 0 Å². The van der Waals surface area contributed by atoms with Gasteiger partial charge >= 0.3 is 6.03 Å². The molecule has 1 N–H and O–H groups in total. The van der Waals surface area contributed by atoms with Crippen molar-refractivity contribution in [2.24, 2.45) is 0 Å². The Morgan fingerprint density at radius 1 is 1.23 bits per heavy atom. The third-order valence-corrected chi connectivity index (χ3v) is 3.56. The number of urea groups is 1. The number of nitrogens with zero attached hydrogens (tertiary/aromatic N) is 2. The number of piperazine rings is 1. The van der Waals surface area contributed by atoms with Crippen molar-refractivity contribution < 1.29 is 9.53 Å². The van der Waals surface area contributed by atoms with E-state index in [9.17, 15) is 4.79 Å². The second-order valence-corrected chi connectivity index (χ2v) is 5.55. The molecule has 0 spiro atoms. The molecule has 1 aromatic carbocycles. The largest absolute Gasteiger partial charge is 0.375 e. The van der Waals surface area contributed by atoms with Crippen LogP contribution in [0.1, 0.15) is 6.92 Å². The van der Waals surface area contributed by atoms with Crippen LogP contribution in [0.15, 0.2) is 42.5 Å². The van der Waals surface area contributed by atoms with E-state index in [0.717, 1.165) is 31.8 Å². The number of hydrogen-bond acceptors (Lipinski definition) is 3. The number of amides is 2. The molecule has 0 aliphatic carbocycles. The van der Waals surface area contributed by atoms with Crippen LogP contribution in [-0.4, -0.2) is 56.9 Å². The van der Waals surface area contributed by atoms with E-state index in [1.807, 2.05) is 30.0 Å². The lowest BCUT2D eigenvalue weighted by Crippen LogP contribution is -2.52. The van der Waals surface area contributed by atoms with Crippen LogP contribution in [0.25, 0.3) is 0 Å². The standard InChI is InChI=1S/C17H25N3O2/c1-15(2)14-22-13-8-18-17(21)20-11-9-19(10-12-20)16-6-4-3-5-7-16/h3-7H,1,8-14H2,2H3,(H,18,21). The molecule has 120 valence electrons. The predicted molar refractivity (Wildman–Crippen MR) is 89.3 cm³/mol. The van der Waals surface area contributed by atoms with E-state index < -0.39 is 0 Å². The summed E-state index contributed by atoms with van der Waals surface area (Å²) < 4.78 is 5.37. The topological polar surface area (TPSA) is 44.8 Å². The van der Waals surface area contributed by atoms with Gasteiger partial charge in [0.25, 0.3) is 0 Å². The molecule has 1 saturated heterocycles. The fraction of sp³-hybridized carbons (Fsp3) is 0.471. The molecule has 2 rings (SSSR count). The quantitative estimate of drug-likeness (QED) is 0.647. The Hall–Kier alpha value is -2.01. The van der Waals surface area contributed by atoms with Crippen molar-refractivity contribution in [1.29, 1.82) is 0 Å². The predicted octanol–water partition coefficient (Wildman–Crippen LogP) is 2.11. The van der Waals surface area contributed by atoms with Crippen molar-refractivity contribution in [3.63, 3.8) is 0 Å². The number of benzene rings is 1. The highest BCUT2D eigenvalue weighted by Crippen LogP contribution is 2.15. The molecule has 1 aliphatic rings. The van der Waals surface area contributed by atoms with E-state index in [-0.39, 0.29) is 6.03 Å². The van der Waals surface area contributed by atoms with Gasteiger partial charge in [-0.25, -0.2) is 4.79 Å². The Labute approximate surface area is 132 Å². The summed E-state index contributed by atoms with van der Waals surface area (Å²) >= 11 is 0. The van der Waals surface area contributed by atoms with Crippen LogP contribution in [-0.2, 0) is 4.74 Å². The summed E-state index contributed by atoms with van der Waals surface area (Å²) in [4.78, 5) is 16.2. The number of nitrogens with one attached hydrogen (secondary N) is 1. The first-order valence-electron chi connectivity index (χ1n) is 7.71. The normalized spacial score (nSPS) is 14.8. The number of anilines is 1. The fourth-order valence-electron chi connectivity index (χ4n) is 2.39. The van der Waals surface area contributed by atoms with Gasteiger partial charge in [0.05, 0.1) is 13.2 Å². The molecule has 5 nitrogen and oxygen atoms in total. The number of carbonyl (C=O) groups excluding carboxylic acids is 1. The SMILES string of the molecule is C=C(C)COCCNC(=O)N1CCN(c2ccccc2)CC1. The van der Waals surface area contributed by atoms with Gasteiger partial charge in [-0.15, -0.1) is 0 Å².